The summed E-state index contributed by atoms with van der Waals surface area (Å²) in [7, 11) is 0. The molecule has 0 spiro atoms. The van der Waals surface area contributed by atoms with Crippen LogP contribution in [0, 0.1) is 0 Å². The molecule has 1 rings (SSSR count). The summed E-state index contributed by atoms with van der Waals surface area (Å²) < 4.78 is 24.1. The van der Waals surface area contributed by atoms with Crippen LogP contribution >= 0.6 is 0 Å². The predicted octanol–water partition coefficient (Wildman–Crippen LogP) is 1.10. The average Bonchev–Trinajstić information content (AvgIpc) is 2.01. The molecule has 0 aliphatic heterocycles. The molecule has 0 saturated heterocycles. The molecule has 4 nitrogen and oxygen atoms in total. The van der Waals surface area contributed by atoms with E-state index >= 15 is 0 Å². The summed E-state index contributed by atoms with van der Waals surface area (Å²) in [6.07, 6.45) is -5.41. The van der Waals surface area contributed by atoms with Gasteiger partial charge in [0, 0.05) is 12.1 Å². The largest absolute Gasteiger partial charge is 0.508 e. The van der Waals surface area contributed by atoms with E-state index in [1.165, 1.54) is 0 Å². The van der Waals surface area contributed by atoms with Crippen LogP contribution in [0.15, 0.2) is 12.1 Å². The van der Waals surface area contributed by atoms with E-state index in [1.54, 1.807) is 0 Å². The highest BCUT2D eigenvalue weighted by molar-refractivity contribution is 5.49. The summed E-state index contributed by atoms with van der Waals surface area (Å²) >= 11 is 0. The molecule has 1 aromatic rings. The van der Waals surface area contributed by atoms with E-state index in [0.29, 0.717) is 0 Å². The lowest BCUT2D eigenvalue weighted by Crippen LogP contribution is -2.08. The Morgan fingerprint density at radius 1 is 1.00 bits per heavy atom. The number of aromatic hydroxyl groups is 3. The molecule has 1 aromatic carbocycles. The maximum Gasteiger partial charge on any atom is 0.268 e. The Bertz CT molecular complexity index is 317. The molecule has 0 fully saturated rings. The van der Waals surface area contributed by atoms with Crippen molar-refractivity contribution in [3.8, 4) is 17.2 Å². The van der Waals surface area contributed by atoms with Gasteiger partial charge < -0.3 is 20.4 Å². The third kappa shape index (κ3) is 1.85. The number of aliphatic hydroxyl groups is 1. The van der Waals surface area contributed by atoms with Gasteiger partial charge in [-0.15, -0.1) is 0 Å². The predicted molar refractivity (Wildman–Crippen MR) is 42.4 cm³/mol. The second-order valence-corrected chi connectivity index (χ2v) is 2.68. The zero-order valence-corrected chi connectivity index (χ0v) is 6.85. The summed E-state index contributed by atoms with van der Waals surface area (Å²) in [5, 5.41) is 35.9. The fourth-order valence-corrected chi connectivity index (χ4v) is 1.04. The van der Waals surface area contributed by atoms with Gasteiger partial charge in [0.15, 0.2) is 0 Å². The number of benzene rings is 1. The van der Waals surface area contributed by atoms with Gasteiger partial charge in [-0.1, -0.05) is 0 Å². The van der Waals surface area contributed by atoms with Gasteiger partial charge in [-0.2, -0.15) is 0 Å². The van der Waals surface area contributed by atoms with Gasteiger partial charge in [0.25, 0.3) is 6.43 Å². The number of aliphatic hydroxyl groups excluding tert-OH is 1. The lowest BCUT2D eigenvalue weighted by Gasteiger charge is -2.13. The van der Waals surface area contributed by atoms with E-state index in [-0.39, 0.29) is 0 Å². The van der Waals surface area contributed by atoms with Gasteiger partial charge in [0.1, 0.15) is 23.4 Å². The van der Waals surface area contributed by atoms with Gasteiger partial charge >= 0.3 is 0 Å². The van der Waals surface area contributed by atoms with Crippen LogP contribution in [0.4, 0.5) is 8.78 Å². The molecule has 0 radical (unpaired) electrons. The first-order valence-electron chi connectivity index (χ1n) is 3.64. The van der Waals surface area contributed by atoms with Gasteiger partial charge in [0.2, 0.25) is 0 Å². The standard InChI is InChI=1S/C8H8F2O4/c9-8(10)7(14)6-4(12)1-3(11)2-5(6)13/h1-2,7-8,11-14H. The molecule has 6 heteroatoms. The van der Waals surface area contributed by atoms with E-state index in [1.807, 2.05) is 0 Å². The van der Waals surface area contributed by atoms with E-state index in [0.717, 1.165) is 12.1 Å². The van der Waals surface area contributed by atoms with Crippen LogP contribution < -0.4 is 0 Å². The molecule has 0 aromatic heterocycles. The fourth-order valence-electron chi connectivity index (χ4n) is 1.04. The minimum absolute atomic E-state index is 0.481. The number of halogens is 2. The van der Waals surface area contributed by atoms with Gasteiger partial charge in [-0.05, 0) is 0 Å². The van der Waals surface area contributed by atoms with Crippen molar-refractivity contribution in [2.75, 3.05) is 0 Å². The van der Waals surface area contributed by atoms with Crippen LogP contribution in [0.25, 0.3) is 0 Å². The number of phenolic OH excluding ortho intramolecular Hbond substituents is 3. The van der Waals surface area contributed by atoms with Crippen molar-refractivity contribution in [2.45, 2.75) is 12.5 Å². The Hall–Kier alpha value is -1.56. The van der Waals surface area contributed by atoms with Crippen molar-refractivity contribution in [3.63, 3.8) is 0 Å². The fraction of sp³-hybridized carbons (Fsp3) is 0.250. The maximum atomic E-state index is 12.0. The molecule has 14 heavy (non-hydrogen) atoms. The average molecular weight is 206 g/mol. The first-order chi connectivity index (χ1) is 6.43. The SMILES string of the molecule is Oc1cc(O)c(C(O)C(F)F)c(O)c1. The highest BCUT2D eigenvalue weighted by Crippen LogP contribution is 2.38. The molecular formula is C8H8F2O4. The second-order valence-electron chi connectivity index (χ2n) is 2.68. The molecule has 4 N–H and O–H groups in total. The van der Waals surface area contributed by atoms with Crippen LogP contribution in [0.2, 0.25) is 0 Å². The number of alkyl halides is 2. The third-order valence-corrected chi connectivity index (χ3v) is 1.66. The molecular weight excluding hydrogens is 198 g/mol. The number of hydrogen-bond donors (Lipinski definition) is 4. The topological polar surface area (TPSA) is 80.9 Å². The summed E-state index contributed by atoms with van der Waals surface area (Å²) in [4.78, 5) is 0. The Balaban J connectivity index is 3.20. The van der Waals surface area contributed by atoms with Crippen LogP contribution in [0.5, 0.6) is 17.2 Å². The Kier molecular flexibility index (Phi) is 2.76. The van der Waals surface area contributed by atoms with Crippen molar-refractivity contribution >= 4 is 0 Å². The zero-order valence-electron chi connectivity index (χ0n) is 6.85. The van der Waals surface area contributed by atoms with Crippen LogP contribution in [0.1, 0.15) is 11.7 Å². The molecule has 0 aliphatic rings. The second kappa shape index (κ2) is 3.67. The Labute approximate surface area is 77.7 Å². The maximum absolute atomic E-state index is 12.0. The minimum Gasteiger partial charge on any atom is -0.508 e. The van der Waals surface area contributed by atoms with Crippen molar-refractivity contribution < 1.29 is 29.2 Å². The molecule has 78 valence electrons. The van der Waals surface area contributed by atoms with Crippen molar-refractivity contribution in [2.24, 2.45) is 0 Å². The minimum atomic E-state index is -3.13. The molecule has 1 atom stereocenters. The third-order valence-electron chi connectivity index (χ3n) is 1.66. The Morgan fingerprint density at radius 2 is 1.43 bits per heavy atom. The van der Waals surface area contributed by atoms with E-state index in [9.17, 15) is 8.78 Å². The quantitative estimate of drug-likeness (QED) is 0.584. The molecule has 0 aliphatic carbocycles. The van der Waals surface area contributed by atoms with Gasteiger partial charge in [0.05, 0.1) is 5.56 Å². The van der Waals surface area contributed by atoms with Crippen LogP contribution in [-0.2, 0) is 0 Å². The number of rotatable bonds is 2. The van der Waals surface area contributed by atoms with Crippen molar-refractivity contribution in [1.82, 2.24) is 0 Å². The molecule has 0 heterocycles. The smallest absolute Gasteiger partial charge is 0.268 e. The van der Waals surface area contributed by atoms with Crippen molar-refractivity contribution in [3.05, 3.63) is 17.7 Å². The van der Waals surface area contributed by atoms with Crippen LogP contribution in [-0.4, -0.2) is 26.9 Å². The lowest BCUT2D eigenvalue weighted by molar-refractivity contribution is -0.00825. The van der Waals surface area contributed by atoms with Crippen LogP contribution in [0.3, 0.4) is 0 Å². The lowest BCUT2D eigenvalue weighted by atomic mass is 10.1. The number of phenols is 3. The highest BCUT2D eigenvalue weighted by atomic mass is 19.3. The summed E-state index contributed by atoms with van der Waals surface area (Å²) in [5.74, 6) is -2.05. The van der Waals surface area contributed by atoms with E-state index in [4.69, 9.17) is 20.4 Å². The zero-order chi connectivity index (χ0) is 10.9. The first kappa shape index (κ1) is 10.5. The summed E-state index contributed by atoms with van der Waals surface area (Å²) in [6.45, 7) is 0. The molecule has 0 saturated carbocycles. The first-order valence-corrected chi connectivity index (χ1v) is 3.64. The van der Waals surface area contributed by atoms with Gasteiger partial charge in [-0.3, -0.25) is 0 Å². The number of hydrogen-bond acceptors (Lipinski definition) is 4. The normalized spacial score (nSPS) is 13.1. The molecule has 1 unspecified atom stereocenters. The van der Waals surface area contributed by atoms with Gasteiger partial charge in [-0.25, -0.2) is 8.78 Å². The molecule has 0 bridgehead atoms. The summed E-state index contributed by atoms with van der Waals surface area (Å²) in [5.41, 5.74) is -0.696. The Morgan fingerprint density at radius 3 is 1.79 bits per heavy atom. The van der Waals surface area contributed by atoms with Crippen molar-refractivity contribution in [1.29, 1.82) is 0 Å². The molecule has 0 amide bonds. The monoisotopic (exact) mass is 206 g/mol. The van der Waals surface area contributed by atoms with E-state index in [2.05, 4.69) is 0 Å². The highest BCUT2D eigenvalue weighted by Gasteiger charge is 2.26. The summed E-state index contributed by atoms with van der Waals surface area (Å²) in [6, 6.07) is 1.50. The van der Waals surface area contributed by atoms with E-state index < -0.39 is 35.3 Å².